The van der Waals surface area contributed by atoms with Crippen molar-refractivity contribution in [3.63, 3.8) is 0 Å². The largest absolute Gasteiger partial charge is 0.368 e. The SMILES string of the molecule is O=C(NCCNc1ncnc2sc3c(c12)CCCC3)c1ccccc1Cl. The van der Waals surface area contributed by atoms with Gasteiger partial charge in [0.15, 0.2) is 0 Å². The molecule has 3 aromatic rings. The molecule has 7 heteroatoms. The second kappa shape index (κ2) is 7.60. The molecule has 0 saturated carbocycles. The third-order valence-electron chi connectivity index (χ3n) is 4.57. The van der Waals surface area contributed by atoms with Gasteiger partial charge in [-0.15, -0.1) is 11.3 Å². The summed E-state index contributed by atoms with van der Waals surface area (Å²) in [5.74, 6) is 0.694. The van der Waals surface area contributed by atoms with Gasteiger partial charge in [0.05, 0.1) is 16.0 Å². The summed E-state index contributed by atoms with van der Waals surface area (Å²) in [6.45, 7) is 1.08. The zero-order chi connectivity index (χ0) is 17.9. The van der Waals surface area contributed by atoms with Crippen LogP contribution in [0.1, 0.15) is 33.6 Å². The second-order valence-corrected chi connectivity index (χ2v) is 7.77. The quantitative estimate of drug-likeness (QED) is 0.649. The van der Waals surface area contributed by atoms with E-state index in [4.69, 9.17) is 11.6 Å². The Hall–Kier alpha value is -2.18. The molecule has 0 saturated heterocycles. The molecule has 0 atom stereocenters. The first-order valence-electron chi connectivity index (χ1n) is 8.76. The minimum Gasteiger partial charge on any atom is -0.368 e. The Balaban J connectivity index is 1.42. The van der Waals surface area contributed by atoms with Crippen LogP contribution in [0.4, 0.5) is 5.82 Å². The smallest absolute Gasteiger partial charge is 0.252 e. The van der Waals surface area contributed by atoms with Gasteiger partial charge in [-0.1, -0.05) is 23.7 Å². The van der Waals surface area contributed by atoms with E-state index in [1.165, 1.54) is 23.3 Å². The normalized spacial score (nSPS) is 13.4. The number of nitrogens with one attached hydrogen (secondary N) is 2. The molecule has 2 aromatic heterocycles. The maximum atomic E-state index is 12.2. The molecular weight excluding hydrogens is 368 g/mol. The lowest BCUT2D eigenvalue weighted by molar-refractivity contribution is 0.0955. The number of rotatable bonds is 5. The van der Waals surface area contributed by atoms with Crippen LogP contribution < -0.4 is 10.6 Å². The Labute approximate surface area is 160 Å². The van der Waals surface area contributed by atoms with Crippen LogP contribution in [0.5, 0.6) is 0 Å². The Kier molecular flexibility index (Phi) is 5.04. The number of halogens is 1. The summed E-state index contributed by atoms with van der Waals surface area (Å²) in [5, 5.41) is 7.86. The van der Waals surface area contributed by atoms with Crippen LogP contribution in [0, 0.1) is 0 Å². The van der Waals surface area contributed by atoms with Crippen LogP contribution in [0.15, 0.2) is 30.6 Å². The maximum Gasteiger partial charge on any atom is 0.252 e. The number of nitrogens with zero attached hydrogens (tertiary/aromatic N) is 2. The number of fused-ring (bicyclic) bond motifs is 3. The summed E-state index contributed by atoms with van der Waals surface area (Å²) in [7, 11) is 0. The van der Waals surface area contributed by atoms with Gasteiger partial charge in [-0.2, -0.15) is 0 Å². The minimum atomic E-state index is -0.168. The average Bonchev–Trinajstić information content (AvgIpc) is 3.05. The highest BCUT2D eigenvalue weighted by molar-refractivity contribution is 7.19. The van der Waals surface area contributed by atoms with Crippen LogP contribution in [0.3, 0.4) is 0 Å². The number of aryl methyl sites for hydroxylation is 2. The first-order valence-corrected chi connectivity index (χ1v) is 9.95. The molecule has 0 unspecified atom stereocenters. The van der Waals surface area contributed by atoms with E-state index in [1.54, 1.807) is 35.9 Å². The van der Waals surface area contributed by atoms with Crippen LogP contribution in [0.25, 0.3) is 10.2 Å². The van der Waals surface area contributed by atoms with Crippen molar-refractivity contribution in [1.29, 1.82) is 0 Å². The van der Waals surface area contributed by atoms with Crippen molar-refractivity contribution in [3.05, 3.63) is 51.6 Å². The Morgan fingerprint density at radius 3 is 2.88 bits per heavy atom. The van der Waals surface area contributed by atoms with Gasteiger partial charge in [0, 0.05) is 18.0 Å². The number of carbonyl (C=O) groups is 1. The lowest BCUT2D eigenvalue weighted by atomic mass is 9.97. The Morgan fingerprint density at radius 2 is 2.00 bits per heavy atom. The fraction of sp³-hybridized carbons (Fsp3) is 0.316. The summed E-state index contributed by atoms with van der Waals surface area (Å²) in [6, 6.07) is 7.04. The Morgan fingerprint density at radius 1 is 1.15 bits per heavy atom. The second-order valence-electron chi connectivity index (χ2n) is 6.28. The standard InChI is InChI=1S/C19H19ClN4OS/c20-14-7-3-1-5-12(14)18(25)22-10-9-21-17-16-13-6-2-4-8-15(13)26-19(16)24-11-23-17/h1,3,5,7,11H,2,4,6,8-10H2,(H,22,25)(H,21,23,24). The van der Waals surface area contributed by atoms with Crippen molar-refractivity contribution in [3.8, 4) is 0 Å². The molecule has 134 valence electrons. The number of benzene rings is 1. The molecule has 2 heterocycles. The number of carbonyl (C=O) groups excluding carboxylic acids is 1. The number of hydrogen-bond acceptors (Lipinski definition) is 5. The predicted molar refractivity (Wildman–Crippen MR) is 106 cm³/mol. The van der Waals surface area contributed by atoms with Gasteiger partial charge < -0.3 is 10.6 Å². The number of aromatic nitrogens is 2. The lowest BCUT2D eigenvalue weighted by Gasteiger charge is -2.12. The first-order chi connectivity index (χ1) is 12.7. The van der Waals surface area contributed by atoms with Gasteiger partial charge >= 0.3 is 0 Å². The van der Waals surface area contributed by atoms with Gasteiger partial charge in [-0.05, 0) is 43.4 Å². The van der Waals surface area contributed by atoms with E-state index >= 15 is 0 Å². The molecule has 0 fully saturated rings. The molecule has 0 spiro atoms. The van der Waals surface area contributed by atoms with Crippen LogP contribution in [0.2, 0.25) is 5.02 Å². The van der Waals surface area contributed by atoms with Crippen LogP contribution >= 0.6 is 22.9 Å². The average molecular weight is 387 g/mol. The minimum absolute atomic E-state index is 0.168. The molecule has 0 aliphatic heterocycles. The first kappa shape index (κ1) is 17.2. The maximum absolute atomic E-state index is 12.2. The molecule has 1 amide bonds. The zero-order valence-corrected chi connectivity index (χ0v) is 15.8. The van der Waals surface area contributed by atoms with E-state index in [2.05, 4.69) is 20.6 Å². The van der Waals surface area contributed by atoms with Gasteiger partial charge in [0.25, 0.3) is 5.91 Å². The highest BCUT2D eigenvalue weighted by Gasteiger charge is 2.19. The van der Waals surface area contributed by atoms with Crippen molar-refractivity contribution >= 4 is 44.9 Å². The zero-order valence-electron chi connectivity index (χ0n) is 14.2. The Bertz CT molecular complexity index is 956. The summed E-state index contributed by atoms with van der Waals surface area (Å²) >= 11 is 7.84. The number of anilines is 1. The van der Waals surface area contributed by atoms with Crippen molar-refractivity contribution in [2.24, 2.45) is 0 Å². The summed E-state index contributed by atoms with van der Waals surface area (Å²) < 4.78 is 0. The van der Waals surface area contributed by atoms with Crippen molar-refractivity contribution in [2.75, 3.05) is 18.4 Å². The molecule has 0 radical (unpaired) electrons. The monoisotopic (exact) mass is 386 g/mol. The molecule has 1 aliphatic carbocycles. The van der Waals surface area contributed by atoms with Crippen molar-refractivity contribution < 1.29 is 4.79 Å². The molecule has 1 aromatic carbocycles. The van der Waals surface area contributed by atoms with Crippen LogP contribution in [-0.4, -0.2) is 29.0 Å². The van der Waals surface area contributed by atoms with Gasteiger partial charge in [-0.25, -0.2) is 9.97 Å². The van der Waals surface area contributed by atoms with Crippen molar-refractivity contribution in [2.45, 2.75) is 25.7 Å². The summed E-state index contributed by atoms with van der Waals surface area (Å²) in [5.41, 5.74) is 1.89. The lowest BCUT2D eigenvalue weighted by Crippen LogP contribution is -2.29. The van der Waals surface area contributed by atoms with E-state index in [0.29, 0.717) is 23.7 Å². The number of hydrogen-bond donors (Lipinski definition) is 2. The highest BCUT2D eigenvalue weighted by atomic mass is 35.5. The fourth-order valence-corrected chi connectivity index (χ4v) is 4.77. The van der Waals surface area contributed by atoms with Gasteiger partial charge in [-0.3, -0.25) is 4.79 Å². The van der Waals surface area contributed by atoms with E-state index < -0.39 is 0 Å². The molecule has 1 aliphatic rings. The van der Waals surface area contributed by atoms with Crippen molar-refractivity contribution in [1.82, 2.24) is 15.3 Å². The topological polar surface area (TPSA) is 66.9 Å². The number of amides is 1. The summed E-state index contributed by atoms with van der Waals surface area (Å²) in [6.07, 6.45) is 6.32. The van der Waals surface area contributed by atoms with Gasteiger partial charge in [0.1, 0.15) is 17.0 Å². The molecular formula is C19H19ClN4OS. The number of thiophene rings is 1. The van der Waals surface area contributed by atoms with Crippen LogP contribution in [-0.2, 0) is 12.8 Å². The summed E-state index contributed by atoms with van der Waals surface area (Å²) in [4.78, 5) is 23.6. The molecule has 4 rings (SSSR count). The molecule has 2 N–H and O–H groups in total. The van der Waals surface area contributed by atoms with E-state index in [-0.39, 0.29) is 5.91 Å². The highest BCUT2D eigenvalue weighted by Crippen LogP contribution is 2.37. The third-order valence-corrected chi connectivity index (χ3v) is 6.10. The van der Waals surface area contributed by atoms with E-state index in [9.17, 15) is 4.79 Å². The third kappa shape index (κ3) is 3.39. The predicted octanol–water partition coefficient (Wildman–Crippen LogP) is 4.07. The molecule has 26 heavy (non-hydrogen) atoms. The van der Waals surface area contributed by atoms with Gasteiger partial charge in [0.2, 0.25) is 0 Å². The van der Waals surface area contributed by atoms with E-state index in [0.717, 1.165) is 28.9 Å². The fourth-order valence-electron chi connectivity index (χ4n) is 3.32. The van der Waals surface area contributed by atoms with E-state index in [1.807, 2.05) is 6.07 Å². The molecule has 5 nitrogen and oxygen atoms in total. The molecule has 0 bridgehead atoms.